The standard InChI is InChI=1S/C9H5FOS/c10-8-5-12-9-2-1-6(4-11)3-7(8)9/h1-5H. The summed E-state index contributed by atoms with van der Waals surface area (Å²) in [5.74, 6) is -0.251. The number of thiophene rings is 1. The van der Waals surface area contributed by atoms with Crippen LogP contribution in [0.1, 0.15) is 10.4 Å². The van der Waals surface area contributed by atoms with Gasteiger partial charge < -0.3 is 0 Å². The molecule has 0 amide bonds. The van der Waals surface area contributed by atoms with Gasteiger partial charge in [0.25, 0.3) is 0 Å². The van der Waals surface area contributed by atoms with Crippen molar-refractivity contribution in [3.8, 4) is 0 Å². The lowest BCUT2D eigenvalue weighted by atomic mass is 10.2. The molecular formula is C9H5FOS. The van der Waals surface area contributed by atoms with Gasteiger partial charge in [-0.05, 0) is 12.1 Å². The van der Waals surface area contributed by atoms with Gasteiger partial charge in [0.15, 0.2) is 0 Å². The molecule has 0 spiro atoms. The van der Waals surface area contributed by atoms with E-state index in [9.17, 15) is 9.18 Å². The predicted octanol–water partition coefficient (Wildman–Crippen LogP) is 2.85. The Hall–Kier alpha value is -1.22. The number of rotatable bonds is 1. The number of hydrogen-bond acceptors (Lipinski definition) is 2. The van der Waals surface area contributed by atoms with Crippen LogP contribution in [0.5, 0.6) is 0 Å². The quantitative estimate of drug-likeness (QED) is 0.617. The summed E-state index contributed by atoms with van der Waals surface area (Å²) in [6.45, 7) is 0. The molecule has 60 valence electrons. The lowest BCUT2D eigenvalue weighted by molar-refractivity contribution is 0.112. The molecule has 2 rings (SSSR count). The molecule has 0 atom stereocenters. The Morgan fingerprint density at radius 3 is 3.00 bits per heavy atom. The fourth-order valence-electron chi connectivity index (χ4n) is 1.09. The molecule has 0 saturated heterocycles. The fourth-order valence-corrected chi connectivity index (χ4v) is 1.88. The SMILES string of the molecule is O=Cc1ccc2scc(F)c2c1. The van der Waals surface area contributed by atoms with Crippen molar-refractivity contribution in [3.63, 3.8) is 0 Å². The van der Waals surface area contributed by atoms with Gasteiger partial charge in [-0.1, -0.05) is 6.07 Å². The van der Waals surface area contributed by atoms with Crippen molar-refractivity contribution < 1.29 is 9.18 Å². The van der Waals surface area contributed by atoms with Crippen molar-refractivity contribution in [3.05, 3.63) is 35.0 Å². The third kappa shape index (κ3) is 1.02. The second kappa shape index (κ2) is 2.68. The smallest absolute Gasteiger partial charge is 0.150 e. The van der Waals surface area contributed by atoms with E-state index in [4.69, 9.17) is 0 Å². The molecule has 0 radical (unpaired) electrons. The van der Waals surface area contributed by atoms with E-state index in [1.807, 2.05) is 0 Å². The Labute approximate surface area is 72.4 Å². The van der Waals surface area contributed by atoms with Crippen LogP contribution in [0.2, 0.25) is 0 Å². The van der Waals surface area contributed by atoms with Gasteiger partial charge in [-0.15, -0.1) is 11.3 Å². The zero-order valence-corrected chi connectivity index (χ0v) is 6.90. The summed E-state index contributed by atoms with van der Waals surface area (Å²) in [5, 5.41) is 1.98. The topological polar surface area (TPSA) is 17.1 Å². The Morgan fingerprint density at radius 2 is 2.25 bits per heavy atom. The van der Waals surface area contributed by atoms with Gasteiger partial charge in [0.1, 0.15) is 12.1 Å². The van der Waals surface area contributed by atoms with Crippen molar-refractivity contribution in [2.24, 2.45) is 0 Å². The first kappa shape index (κ1) is 7.43. The largest absolute Gasteiger partial charge is 0.298 e. The maximum absolute atomic E-state index is 13.0. The molecule has 0 saturated carbocycles. The highest BCUT2D eigenvalue weighted by atomic mass is 32.1. The van der Waals surface area contributed by atoms with Crippen LogP contribution in [-0.2, 0) is 0 Å². The fraction of sp³-hybridized carbons (Fsp3) is 0. The summed E-state index contributed by atoms with van der Waals surface area (Å²) in [5.41, 5.74) is 0.514. The second-order valence-corrected chi connectivity index (χ2v) is 3.37. The lowest BCUT2D eigenvalue weighted by Crippen LogP contribution is -1.77. The van der Waals surface area contributed by atoms with Crippen LogP contribution in [0.3, 0.4) is 0 Å². The number of carbonyl (C=O) groups excluding carboxylic acids is 1. The molecule has 0 aliphatic heterocycles. The van der Waals surface area contributed by atoms with Gasteiger partial charge in [-0.3, -0.25) is 4.79 Å². The lowest BCUT2D eigenvalue weighted by Gasteiger charge is -1.90. The summed E-state index contributed by atoms with van der Waals surface area (Å²) in [6.07, 6.45) is 0.719. The monoisotopic (exact) mass is 180 g/mol. The molecular weight excluding hydrogens is 175 g/mol. The maximum atomic E-state index is 13.0. The van der Waals surface area contributed by atoms with E-state index < -0.39 is 0 Å². The van der Waals surface area contributed by atoms with E-state index in [2.05, 4.69) is 0 Å². The molecule has 0 fully saturated rings. The van der Waals surface area contributed by atoms with Crippen LogP contribution >= 0.6 is 11.3 Å². The van der Waals surface area contributed by atoms with Gasteiger partial charge in [0.05, 0.1) is 0 Å². The zero-order valence-electron chi connectivity index (χ0n) is 6.08. The molecule has 1 nitrogen and oxygen atoms in total. The molecule has 1 aromatic carbocycles. The van der Waals surface area contributed by atoms with Gasteiger partial charge in [0.2, 0.25) is 0 Å². The molecule has 3 heteroatoms. The van der Waals surface area contributed by atoms with E-state index >= 15 is 0 Å². The molecule has 1 aromatic heterocycles. The summed E-state index contributed by atoms with van der Waals surface area (Å²) in [7, 11) is 0. The van der Waals surface area contributed by atoms with Gasteiger partial charge >= 0.3 is 0 Å². The molecule has 0 N–H and O–H groups in total. The number of hydrogen-bond donors (Lipinski definition) is 0. The van der Waals surface area contributed by atoms with Crippen LogP contribution in [0.25, 0.3) is 10.1 Å². The van der Waals surface area contributed by atoms with Gasteiger partial charge in [-0.2, -0.15) is 0 Å². The minimum absolute atomic E-state index is 0.251. The highest BCUT2D eigenvalue weighted by Gasteiger charge is 2.02. The maximum Gasteiger partial charge on any atom is 0.150 e. The Bertz CT molecular complexity index is 433. The minimum Gasteiger partial charge on any atom is -0.298 e. The van der Waals surface area contributed by atoms with Gasteiger partial charge in [-0.25, -0.2) is 4.39 Å². The van der Waals surface area contributed by atoms with Crippen LogP contribution in [-0.4, -0.2) is 6.29 Å². The highest BCUT2D eigenvalue weighted by Crippen LogP contribution is 2.24. The normalized spacial score (nSPS) is 10.4. The number of aldehydes is 1. The Balaban J connectivity index is 2.79. The average molecular weight is 180 g/mol. The van der Waals surface area contributed by atoms with Crippen molar-refractivity contribution in [1.82, 2.24) is 0 Å². The summed E-state index contributed by atoms with van der Waals surface area (Å²) in [6, 6.07) is 5.01. The van der Waals surface area contributed by atoms with Crippen LogP contribution in [0.4, 0.5) is 4.39 Å². The van der Waals surface area contributed by atoms with Crippen molar-refractivity contribution >= 4 is 27.7 Å². The van der Waals surface area contributed by atoms with Crippen LogP contribution in [0.15, 0.2) is 23.6 Å². The first-order chi connectivity index (χ1) is 5.81. The average Bonchev–Trinajstić information content (AvgIpc) is 2.47. The third-order valence-corrected chi connectivity index (χ3v) is 2.62. The first-order valence-corrected chi connectivity index (χ1v) is 4.31. The molecule has 0 aliphatic rings. The number of fused-ring (bicyclic) bond motifs is 1. The van der Waals surface area contributed by atoms with Crippen molar-refractivity contribution in [2.75, 3.05) is 0 Å². The summed E-state index contributed by atoms with van der Waals surface area (Å²) in [4.78, 5) is 10.4. The van der Waals surface area contributed by atoms with E-state index in [1.54, 1.807) is 18.2 Å². The Kier molecular flexibility index (Phi) is 1.66. The van der Waals surface area contributed by atoms with Gasteiger partial charge in [0, 0.05) is 21.0 Å². The van der Waals surface area contributed by atoms with E-state index in [-0.39, 0.29) is 5.82 Å². The second-order valence-electron chi connectivity index (χ2n) is 2.46. The number of benzene rings is 1. The van der Waals surface area contributed by atoms with Crippen molar-refractivity contribution in [2.45, 2.75) is 0 Å². The molecule has 2 aromatic rings. The highest BCUT2D eigenvalue weighted by molar-refractivity contribution is 7.17. The van der Waals surface area contributed by atoms with Crippen LogP contribution < -0.4 is 0 Å². The predicted molar refractivity (Wildman–Crippen MR) is 47.2 cm³/mol. The third-order valence-electron chi connectivity index (χ3n) is 1.69. The molecule has 0 bridgehead atoms. The van der Waals surface area contributed by atoms with E-state index in [0.29, 0.717) is 10.9 Å². The van der Waals surface area contributed by atoms with E-state index in [0.717, 1.165) is 11.0 Å². The number of halogens is 1. The zero-order chi connectivity index (χ0) is 8.55. The summed E-state index contributed by atoms with van der Waals surface area (Å²) < 4.78 is 13.8. The number of carbonyl (C=O) groups is 1. The molecule has 0 unspecified atom stereocenters. The first-order valence-electron chi connectivity index (χ1n) is 3.43. The molecule has 0 aliphatic carbocycles. The minimum atomic E-state index is -0.251. The summed E-state index contributed by atoms with van der Waals surface area (Å²) >= 11 is 1.34. The molecule has 1 heterocycles. The molecule has 12 heavy (non-hydrogen) atoms. The van der Waals surface area contributed by atoms with Crippen molar-refractivity contribution in [1.29, 1.82) is 0 Å². The Morgan fingerprint density at radius 1 is 1.42 bits per heavy atom. The van der Waals surface area contributed by atoms with Crippen LogP contribution in [0, 0.1) is 5.82 Å². The van der Waals surface area contributed by atoms with E-state index in [1.165, 1.54) is 16.7 Å².